The lowest BCUT2D eigenvalue weighted by atomic mass is 10.0. The van der Waals surface area contributed by atoms with Crippen molar-refractivity contribution in [1.29, 1.82) is 0 Å². The third-order valence-electron chi connectivity index (χ3n) is 6.78. The highest BCUT2D eigenvalue weighted by atomic mass is 16.5. The summed E-state index contributed by atoms with van der Waals surface area (Å²) in [7, 11) is 0. The number of unbranched alkanes of at least 4 members (excludes halogenated alkanes) is 24. The van der Waals surface area contributed by atoms with Crippen molar-refractivity contribution in [3.05, 3.63) is 0 Å². The van der Waals surface area contributed by atoms with Gasteiger partial charge in [0.05, 0.1) is 0 Å². The topological polar surface area (TPSA) is 9.23 Å². The summed E-state index contributed by atoms with van der Waals surface area (Å²) in [6.45, 7) is 6.59. The maximum atomic E-state index is 5.83. The summed E-state index contributed by atoms with van der Waals surface area (Å²) in [6.07, 6.45) is 37.1. The highest BCUT2D eigenvalue weighted by Crippen LogP contribution is 2.14. The van der Waals surface area contributed by atoms with Gasteiger partial charge in [-0.25, -0.2) is 0 Å². The molecule has 31 heavy (non-hydrogen) atoms. The highest BCUT2D eigenvalue weighted by molar-refractivity contribution is 4.50. The van der Waals surface area contributed by atoms with E-state index in [2.05, 4.69) is 13.8 Å². The van der Waals surface area contributed by atoms with E-state index in [1.54, 1.807) is 0 Å². The van der Waals surface area contributed by atoms with Gasteiger partial charge in [0.1, 0.15) is 0 Å². The maximum Gasteiger partial charge on any atom is 0.0466 e. The standard InChI is InChI=1S/C30H62O/c1-3-5-7-9-11-13-15-17-18-20-22-24-26-28-30-31-29-27-25-23-21-19-16-14-12-10-8-6-4-2/h3-30H2,1-2H3. The average molecular weight is 439 g/mol. The van der Waals surface area contributed by atoms with Gasteiger partial charge in [-0.05, 0) is 12.8 Å². The van der Waals surface area contributed by atoms with E-state index >= 15 is 0 Å². The summed E-state index contributed by atoms with van der Waals surface area (Å²) >= 11 is 0. The summed E-state index contributed by atoms with van der Waals surface area (Å²) in [5.41, 5.74) is 0. The Morgan fingerprint density at radius 1 is 0.258 bits per heavy atom. The van der Waals surface area contributed by atoms with Crippen molar-refractivity contribution in [3.8, 4) is 0 Å². The maximum absolute atomic E-state index is 5.83. The lowest BCUT2D eigenvalue weighted by Gasteiger charge is -2.05. The van der Waals surface area contributed by atoms with E-state index < -0.39 is 0 Å². The van der Waals surface area contributed by atoms with Crippen LogP contribution >= 0.6 is 0 Å². The Balaban J connectivity index is 2.98. The molecule has 1 nitrogen and oxygen atoms in total. The molecule has 0 aromatic rings. The van der Waals surface area contributed by atoms with Gasteiger partial charge < -0.3 is 4.74 Å². The average Bonchev–Trinajstić information content (AvgIpc) is 2.78. The van der Waals surface area contributed by atoms with E-state index in [9.17, 15) is 0 Å². The molecule has 0 saturated heterocycles. The first-order valence-electron chi connectivity index (χ1n) is 15.0. The lowest BCUT2D eigenvalue weighted by molar-refractivity contribution is 0.125. The zero-order valence-electron chi connectivity index (χ0n) is 22.2. The Hall–Kier alpha value is -0.0400. The van der Waals surface area contributed by atoms with Gasteiger partial charge in [0.25, 0.3) is 0 Å². The largest absolute Gasteiger partial charge is 0.381 e. The van der Waals surface area contributed by atoms with E-state index in [0.29, 0.717) is 0 Å². The van der Waals surface area contributed by atoms with Gasteiger partial charge in [-0.1, -0.05) is 168 Å². The molecule has 0 bridgehead atoms. The summed E-state index contributed by atoms with van der Waals surface area (Å²) in [5.74, 6) is 0. The smallest absolute Gasteiger partial charge is 0.0466 e. The molecule has 0 heterocycles. The molecule has 0 saturated carbocycles. The fourth-order valence-corrected chi connectivity index (χ4v) is 4.55. The van der Waals surface area contributed by atoms with Crippen LogP contribution in [0.25, 0.3) is 0 Å². The quantitative estimate of drug-likeness (QED) is 0.110. The van der Waals surface area contributed by atoms with Crippen LogP contribution in [0.1, 0.15) is 181 Å². The molecule has 0 aromatic heterocycles. The second kappa shape index (κ2) is 30.0. The molecular weight excluding hydrogens is 376 g/mol. The Morgan fingerprint density at radius 2 is 0.452 bits per heavy atom. The highest BCUT2D eigenvalue weighted by Gasteiger charge is 1.96. The van der Waals surface area contributed by atoms with Gasteiger partial charge in [-0.3, -0.25) is 0 Å². The molecule has 0 amide bonds. The van der Waals surface area contributed by atoms with Crippen LogP contribution in [0.2, 0.25) is 0 Å². The van der Waals surface area contributed by atoms with Crippen LogP contribution in [0, 0.1) is 0 Å². The molecule has 0 aliphatic heterocycles. The molecule has 0 atom stereocenters. The van der Waals surface area contributed by atoms with Crippen LogP contribution < -0.4 is 0 Å². The SMILES string of the molecule is CCCCCCCCCCCCCCCCOCCCCCCCCCCCCCC. The molecule has 0 aliphatic rings. The number of ether oxygens (including phenoxy) is 1. The number of hydrogen-bond donors (Lipinski definition) is 0. The summed E-state index contributed by atoms with van der Waals surface area (Å²) in [5, 5.41) is 0. The molecule has 0 aliphatic carbocycles. The van der Waals surface area contributed by atoms with Crippen molar-refractivity contribution >= 4 is 0 Å². The van der Waals surface area contributed by atoms with Crippen LogP contribution in [-0.4, -0.2) is 13.2 Å². The first-order chi connectivity index (χ1) is 15.4. The van der Waals surface area contributed by atoms with Crippen molar-refractivity contribution in [1.82, 2.24) is 0 Å². The van der Waals surface area contributed by atoms with Gasteiger partial charge in [0.15, 0.2) is 0 Å². The molecular formula is C30H62O. The second-order valence-corrected chi connectivity index (χ2v) is 10.1. The molecule has 0 fully saturated rings. The Kier molecular flexibility index (Phi) is 29.9. The first kappa shape index (κ1) is 31.0. The van der Waals surface area contributed by atoms with Crippen molar-refractivity contribution in [2.75, 3.05) is 13.2 Å². The van der Waals surface area contributed by atoms with Crippen molar-refractivity contribution in [2.24, 2.45) is 0 Å². The molecule has 0 unspecified atom stereocenters. The fourth-order valence-electron chi connectivity index (χ4n) is 4.55. The predicted molar refractivity (Wildman–Crippen MR) is 142 cm³/mol. The fraction of sp³-hybridized carbons (Fsp3) is 1.00. The Morgan fingerprint density at radius 3 is 0.677 bits per heavy atom. The zero-order valence-corrected chi connectivity index (χ0v) is 22.2. The minimum Gasteiger partial charge on any atom is -0.381 e. The van der Waals surface area contributed by atoms with E-state index in [0.717, 1.165) is 13.2 Å². The van der Waals surface area contributed by atoms with E-state index in [4.69, 9.17) is 4.74 Å². The van der Waals surface area contributed by atoms with Gasteiger partial charge >= 0.3 is 0 Å². The Bertz CT molecular complexity index is 260. The first-order valence-corrected chi connectivity index (χ1v) is 15.0. The van der Waals surface area contributed by atoms with Crippen LogP contribution in [0.4, 0.5) is 0 Å². The van der Waals surface area contributed by atoms with Gasteiger partial charge in [-0.2, -0.15) is 0 Å². The molecule has 0 spiro atoms. The monoisotopic (exact) mass is 438 g/mol. The second-order valence-electron chi connectivity index (χ2n) is 10.1. The van der Waals surface area contributed by atoms with E-state index in [1.165, 1.54) is 167 Å². The summed E-state index contributed by atoms with van der Waals surface area (Å²) in [6, 6.07) is 0. The Labute approximate surface area is 198 Å². The molecule has 0 radical (unpaired) electrons. The van der Waals surface area contributed by atoms with Crippen LogP contribution in [0.5, 0.6) is 0 Å². The number of rotatable bonds is 28. The zero-order chi connectivity index (χ0) is 22.5. The molecule has 0 N–H and O–H groups in total. The minimum absolute atomic E-state index is 0.996. The van der Waals surface area contributed by atoms with E-state index in [1.807, 2.05) is 0 Å². The van der Waals surface area contributed by atoms with Crippen LogP contribution in [0.15, 0.2) is 0 Å². The van der Waals surface area contributed by atoms with Gasteiger partial charge in [0, 0.05) is 13.2 Å². The number of hydrogen-bond acceptors (Lipinski definition) is 1. The van der Waals surface area contributed by atoms with Crippen molar-refractivity contribution in [2.45, 2.75) is 181 Å². The van der Waals surface area contributed by atoms with Gasteiger partial charge in [0.2, 0.25) is 0 Å². The van der Waals surface area contributed by atoms with Gasteiger partial charge in [-0.15, -0.1) is 0 Å². The predicted octanol–water partition coefficient (Wildman–Crippen LogP) is 11.2. The minimum atomic E-state index is 0.996. The molecule has 0 rings (SSSR count). The van der Waals surface area contributed by atoms with Crippen molar-refractivity contribution < 1.29 is 4.74 Å². The normalized spacial score (nSPS) is 11.4. The van der Waals surface area contributed by atoms with Crippen molar-refractivity contribution in [3.63, 3.8) is 0 Å². The summed E-state index contributed by atoms with van der Waals surface area (Å²) < 4.78 is 5.83. The molecule has 0 aromatic carbocycles. The van der Waals surface area contributed by atoms with Crippen LogP contribution in [0.3, 0.4) is 0 Å². The molecule has 188 valence electrons. The molecule has 1 heteroatoms. The van der Waals surface area contributed by atoms with E-state index in [-0.39, 0.29) is 0 Å². The van der Waals surface area contributed by atoms with Crippen LogP contribution in [-0.2, 0) is 4.74 Å². The third-order valence-corrected chi connectivity index (χ3v) is 6.78. The lowest BCUT2D eigenvalue weighted by Crippen LogP contribution is -1.97. The summed E-state index contributed by atoms with van der Waals surface area (Å²) in [4.78, 5) is 0. The third kappa shape index (κ3) is 30.0.